The Morgan fingerprint density at radius 2 is 2.24 bits per heavy atom. The number of carbonyl (C=O) groups excluding carboxylic acids is 1. The van der Waals surface area contributed by atoms with Crippen molar-refractivity contribution in [2.45, 2.75) is 19.5 Å². The minimum atomic E-state index is -0.319. The number of carbonyl (C=O) groups is 1. The van der Waals surface area contributed by atoms with E-state index in [-0.39, 0.29) is 11.9 Å². The monoisotopic (exact) mass is 283 g/mol. The average Bonchev–Trinajstić information content (AvgIpc) is 2.99. The van der Waals surface area contributed by atoms with Gasteiger partial charge in [-0.05, 0) is 44.3 Å². The van der Waals surface area contributed by atoms with Crippen LogP contribution >= 0.6 is 0 Å². The van der Waals surface area contributed by atoms with E-state index in [0.29, 0.717) is 17.8 Å². The molecule has 108 valence electrons. The Balaban J connectivity index is 1.97. The molecule has 0 aliphatic carbocycles. The van der Waals surface area contributed by atoms with E-state index in [1.54, 1.807) is 30.5 Å². The summed E-state index contributed by atoms with van der Waals surface area (Å²) < 4.78 is 5.27. The zero-order valence-electron chi connectivity index (χ0n) is 12.0. The number of rotatable bonds is 5. The van der Waals surface area contributed by atoms with Crippen LogP contribution in [0.4, 0.5) is 5.69 Å². The first-order chi connectivity index (χ1) is 10.1. The molecule has 0 aliphatic rings. The summed E-state index contributed by atoms with van der Waals surface area (Å²) in [5.74, 6) is 0.683. The van der Waals surface area contributed by atoms with Crippen LogP contribution in [0.2, 0.25) is 0 Å². The van der Waals surface area contributed by atoms with Gasteiger partial charge in [0.05, 0.1) is 30.5 Å². The maximum absolute atomic E-state index is 12.2. The van der Waals surface area contributed by atoms with Gasteiger partial charge in [0, 0.05) is 5.69 Å². The van der Waals surface area contributed by atoms with Crippen molar-refractivity contribution in [3.8, 4) is 6.07 Å². The summed E-state index contributed by atoms with van der Waals surface area (Å²) in [6.07, 6.45) is 1.61. The predicted molar refractivity (Wildman–Crippen MR) is 79.4 cm³/mol. The van der Waals surface area contributed by atoms with Gasteiger partial charge in [-0.1, -0.05) is 6.07 Å². The van der Waals surface area contributed by atoms with Gasteiger partial charge < -0.3 is 9.73 Å². The SMILES string of the molecule is CC(C(=O)Nc1cccc(C#N)c1)N(C)Cc1ccco1. The quantitative estimate of drug-likeness (QED) is 0.915. The summed E-state index contributed by atoms with van der Waals surface area (Å²) in [5.41, 5.74) is 1.14. The summed E-state index contributed by atoms with van der Waals surface area (Å²) in [6, 6.07) is 12.3. The molecule has 0 spiro atoms. The van der Waals surface area contributed by atoms with Gasteiger partial charge in [0.25, 0.3) is 0 Å². The minimum Gasteiger partial charge on any atom is -0.468 e. The molecule has 1 unspecified atom stereocenters. The van der Waals surface area contributed by atoms with Crippen molar-refractivity contribution >= 4 is 11.6 Å². The maximum Gasteiger partial charge on any atom is 0.241 e. The highest BCUT2D eigenvalue weighted by molar-refractivity contribution is 5.94. The van der Waals surface area contributed by atoms with E-state index in [1.807, 2.05) is 37.1 Å². The fourth-order valence-corrected chi connectivity index (χ4v) is 1.90. The number of nitrogens with one attached hydrogen (secondary N) is 1. The minimum absolute atomic E-state index is 0.126. The van der Waals surface area contributed by atoms with E-state index >= 15 is 0 Å². The van der Waals surface area contributed by atoms with Crippen molar-refractivity contribution in [3.05, 3.63) is 54.0 Å². The van der Waals surface area contributed by atoms with Crippen LogP contribution in [0.5, 0.6) is 0 Å². The zero-order valence-corrected chi connectivity index (χ0v) is 12.0. The largest absolute Gasteiger partial charge is 0.468 e. The second kappa shape index (κ2) is 6.73. The number of furan rings is 1. The fraction of sp³-hybridized carbons (Fsp3) is 0.250. The number of nitrogens with zero attached hydrogens (tertiary/aromatic N) is 2. The highest BCUT2D eigenvalue weighted by Gasteiger charge is 2.19. The zero-order chi connectivity index (χ0) is 15.2. The van der Waals surface area contributed by atoms with Crippen LogP contribution in [0.25, 0.3) is 0 Å². The molecule has 1 amide bonds. The number of amides is 1. The molecule has 1 atom stereocenters. The third kappa shape index (κ3) is 3.94. The van der Waals surface area contributed by atoms with Crippen molar-refractivity contribution < 1.29 is 9.21 Å². The lowest BCUT2D eigenvalue weighted by molar-refractivity contribution is -0.120. The molecule has 0 bridgehead atoms. The van der Waals surface area contributed by atoms with E-state index in [0.717, 1.165) is 5.76 Å². The first-order valence-corrected chi connectivity index (χ1v) is 6.64. The molecule has 1 heterocycles. The van der Waals surface area contributed by atoms with Crippen LogP contribution in [0.15, 0.2) is 47.1 Å². The Morgan fingerprint density at radius 1 is 1.43 bits per heavy atom. The summed E-state index contributed by atoms with van der Waals surface area (Å²) >= 11 is 0. The third-order valence-electron chi connectivity index (χ3n) is 3.29. The first kappa shape index (κ1) is 14.8. The Kier molecular flexibility index (Phi) is 4.75. The molecule has 5 nitrogen and oxygen atoms in total. The number of nitriles is 1. The maximum atomic E-state index is 12.2. The van der Waals surface area contributed by atoms with Crippen molar-refractivity contribution in [1.29, 1.82) is 5.26 Å². The van der Waals surface area contributed by atoms with E-state index < -0.39 is 0 Å². The van der Waals surface area contributed by atoms with Crippen molar-refractivity contribution in [2.75, 3.05) is 12.4 Å². The first-order valence-electron chi connectivity index (χ1n) is 6.64. The smallest absolute Gasteiger partial charge is 0.241 e. The van der Waals surface area contributed by atoms with Crippen LogP contribution in [-0.4, -0.2) is 23.9 Å². The summed E-state index contributed by atoms with van der Waals surface area (Å²) in [7, 11) is 1.86. The molecule has 1 aromatic carbocycles. The number of hydrogen-bond acceptors (Lipinski definition) is 4. The Bertz CT molecular complexity index is 644. The number of hydrogen-bond donors (Lipinski definition) is 1. The van der Waals surface area contributed by atoms with Gasteiger partial charge in [-0.2, -0.15) is 5.26 Å². The molecule has 2 rings (SSSR count). The molecule has 5 heteroatoms. The molecule has 0 saturated carbocycles. The Morgan fingerprint density at radius 3 is 2.90 bits per heavy atom. The average molecular weight is 283 g/mol. The molecule has 1 N–H and O–H groups in total. The van der Waals surface area contributed by atoms with E-state index in [4.69, 9.17) is 9.68 Å². The lowest BCUT2D eigenvalue weighted by Crippen LogP contribution is -2.39. The van der Waals surface area contributed by atoms with Crippen LogP contribution in [0.1, 0.15) is 18.2 Å². The molecule has 0 saturated heterocycles. The van der Waals surface area contributed by atoms with Gasteiger partial charge in [-0.15, -0.1) is 0 Å². The van der Waals surface area contributed by atoms with E-state index in [1.165, 1.54) is 0 Å². The second-order valence-corrected chi connectivity index (χ2v) is 4.85. The number of anilines is 1. The molecule has 0 aliphatic heterocycles. The summed E-state index contributed by atoms with van der Waals surface area (Å²) in [4.78, 5) is 14.1. The highest BCUT2D eigenvalue weighted by Crippen LogP contribution is 2.12. The molecule has 0 radical (unpaired) electrons. The molecule has 1 aromatic heterocycles. The van der Waals surface area contributed by atoms with Gasteiger partial charge in [0.1, 0.15) is 5.76 Å². The van der Waals surface area contributed by atoms with Crippen LogP contribution in [0, 0.1) is 11.3 Å². The van der Waals surface area contributed by atoms with E-state index in [2.05, 4.69) is 5.32 Å². The lowest BCUT2D eigenvalue weighted by atomic mass is 10.2. The van der Waals surface area contributed by atoms with E-state index in [9.17, 15) is 4.79 Å². The Labute approximate surface area is 123 Å². The van der Waals surface area contributed by atoms with Crippen molar-refractivity contribution in [3.63, 3.8) is 0 Å². The second-order valence-electron chi connectivity index (χ2n) is 4.85. The van der Waals surface area contributed by atoms with Gasteiger partial charge in [0.2, 0.25) is 5.91 Å². The Hall–Kier alpha value is -2.58. The summed E-state index contributed by atoms with van der Waals surface area (Å²) in [5, 5.41) is 11.7. The lowest BCUT2D eigenvalue weighted by Gasteiger charge is -2.22. The van der Waals surface area contributed by atoms with Gasteiger partial charge in [-0.25, -0.2) is 0 Å². The fourth-order valence-electron chi connectivity index (χ4n) is 1.90. The third-order valence-corrected chi connectivity index (χ3v) is 3.29. The highest BCUT2D eigenvalue weighted by atomic mass is 16.3. The molecular weight excluding hydrogens is 266 g/mol. The number of benzene rings is 1. The van der Waals surface area contributed by atoms with Gasteiger partial charge in [-0.3, -0.25) is 9.69 Å². The van der Waals surface area contributed by atoms with Crippen molar-refractivity contribution in [1.82, 2.24) is 4.90 Å². The topological polar surface area (TPSA) is 69.3 Å². The molecule has 0 fully saturated rings. The standard InChI is InChI=1S/C16H17N3O2/c1-12(19(2)11-15-7-4-8-21-15)16(20)18-14-6-3-5-13(9-14)10-17/h3-9,12H,11H2,1-2H3,(H,18,20). The summed E-state index contributed by atoms with van der Waals surface area (Å²) in [6.45, 7) is 2.38. The molecule has 21 heavy (non-hydrogen) atoms. The van der Waals surface area contributed by atoms with Gasteiger partial charge >= 0.3 is 0 Å². The van der Waals surface area contributed by atoms with Crippen LogP contribution < -0.4 is 5.32 Å². The molecule has 2 aromatic rings. The number of likely N-dealkylation sites (N-methyl/N-ethyl adjacent to an activating group) is 1. The predicted octanol–water partition coefficient (Wildman–Crippen LogP) is 2.61. The van der Waals surface area contributed by atoms with Crippen molar-refractivity contribution in [2.24, 2.45) is 0 Å². The van der Waals surface area contributed by atoms with Gasteiger partial charge in [0.15, 0.2) is 0 Å². The normalized spacial score (nSPS) is 11.9. The van der Waals surface area contributed by atoms with Crippen LogP contribution in [0.3, 0.4) is 0 Å². The van der Waals surface area contributed by atoms with Crippen LogP contribution in [-0.2, 0) is 11.3 Å². The molecular formula is C16H17N3O2.